The van der Waals surface area contributed by atoms with Gasteiger partial charge in [0.15, 0.2) is 0 Å². The number of hydrogen-bond acceptors (Lipinski definition) is 1. The van der Waals surface area contributed by atoms with Crippen molar-refractivity contribution >= 4 is 0 Å². The molecule has 0 fully saturated rings. The second-order valence-electron chi connectivity index (χ2n) is 3.17. The van der Waals surface area contributed by atoms with E-state index in [1.54, 1.807) is 6.92 Å². The average molecular weight is 152 g/mol. The quantitative estimate of drug-likeness (QED) is 0.602. The molecule has 1 aliphatic rings. The van der Waals surface area contributed by atoms with Crippen LogP contribution >= 0.6 is 0 Å². The zero-order valence-electron chi connectivity index (χ0n) is 7.03. The fraction of sp³-hybridized carbons (Fsp3) is 0.600. The Morgan fingerprint density at radius 1 is 1.55 bits per heavy atom. The Hall–Kier alpha value is -0.560. The molecule has 0 spiro atoms. The van der Waals surface area contributed by atoms with Gasteiger partial charge in [0.25, 0.3) is 0 Å². The van der Waals surface area contributed by atoms with Crippen molar-refractivity contribution < 1.29 is 5.11 Å². The molecule has 0 aromatic heterocycles. The van der Waals surface area contributed by atoms with E-state index in [4.69, 9.17) is 5.11 Å². The van der Waals surface area contributed by atoms with Gasteiger partial charge in [0.05, 0.1) is 6.10 Å². The fourth-order valence-electron chi connectivity index (χ4n) is 1.31. The summed E-state index contributed by atoms with van der Waals surface area (Å²) >= 11 is 0. The molecule has 0 bridgehead atoms. The monoisotopic (exact) mass is 152 g/mol. The van der Waals surface area contributed by atoms with E-state index in [0.29, 0.717) is 5.92 Å². The lowest BCUT2D eigenvalue weighted by atomic mass is 9.94. The molecule has 11 heavy (non-hydrogen) atoms. The lowest BCUT2D eigenvalue weighted by Crippen LogP contribution is -2.00. The van der Waals surface area contributed by atoms with Gasteiger partial charge in [0, 0.05) is 0 Å². The van der Waals surface area contributed by atoms with Crippen LogP contribution in [0, 0.1) is 5.92 Å². The molecule has 2 unspecified atom stereocenters. The molecule has 62 valence electrons. The minimum absolute atomic E-state index is 0.291. The van der Waals surface area contributed by atoms with Crippen molar-refractivity contribution in [3.63, 3.8) is 0 Å². The Balaban J connectivity index is 2.31. The fourth-order valence-corrected chi connectivity index (χ4v) is 1.31. The zero-order chi connectivity index (χ0) is 8.10. The molecule has 1 N–H and O–H groups in total. The normalized spacial score (nSPS) is 27.6. The van der Waals surface area contributed by atoms with Crippen LogP contribution in [0.3, 0.4) is 0 Å². The molecule has 0 heterocycles. The standard InChI is InChI=1S/C10H16O/c1-9(11)7-8-10-5-3-2-4-6-10/h2-3,7-11H,4-6H2,1H3. The van der Waals surface area contributed by atoms with Crippen LogP contribution in [0.4, 0.5) is 0 Å². The third-order valence-electron chi connectivity index (χ3n) is 1.97. The Kier molecular flexibility index (Phi) is 3.37. The molecule has 1 rings (SSSR count). The van der Waals surface area contributed by atoms with Crippen LogP contribution in [0.5, 0.6) is 0 Å². The number of rotatable bonds is 2. The number of allylic oxidation sites excluding steroid dienone is 3. The largest absolute Gasteiger partial charge is 0.389 e. The minimum Gasteiger partial charge on any atom is -0.389 e. The highest BCUT2D eigenvalue weighted by molar-refractivity contribution is 4.99. The van der Waals surface area contributed by atoms with Crippen LogP contribution in [0.2, 0.25) is 0 Å². The van der Waals surface area contributed by atoms with E-state index in [-0.39, 0.29) is 6.10 Å². The van der Waals surface area contributed by atoms with Crippen molar-refractivity contribution in [2.24, 2.45) is 5.92 Å². The summed E-state index contributed by atoms with van der Waals surface area (Å²) in [5, 5.41) is 8.98. The minimum atomic E-state index is -0.291. The average Bonchev–Trinajstić information content (AvgIpc) is 2.03. The maximum Gasteiger partial charge on any atom is 0.0692 e. The highest BCUT2D eigenvalue weighted by atomic mass is 16.3. The summed E-state index contributed by atoms with van der Waals surface area (Å²) in [6.07, 6.45) is 11.7. The summed E-state index contributed by atoms with van der Waals surface area (Å²) in [6.45, 7) is 1.79. The number of aliphatic hydroxyl groups excluding tert-OH is 1. The van der Waals surface area contributed by atoms with Crippen molar-refractivity contribution in [1.82, 2.24) is 0 Å². The topological polar surface area (TPSA) is 20.2 Å². The zero-order valence-corrected chi connectivity index (χ0v) is 7.03. The summed E-state index contributed by atoms with van der Waals surface area (Å²) in [7, 11) is 0. The van der Waals surface area contributed by atoms with Crippen LogP contribution in [-0.2, 0) is 0 Å². The first-order valence-corrected chi connectivity index (χ1v) is 4.30. The molecule has 0 aromatic rings. The van der Waals surface area contributed by atoms with E-state index in [0.717, 1.165) is 6.42 Å². The van der Waals surface area contributed by atoms with E-state index in [2.05, 4.69) is 18.2 Å². The van der Waals surface area contributed by atoms with E-state index in [9.17, 15) is 0 Å². The molecule has 0 radical (unpaired) electrons. The van der Waals surface area contributed by atoms with Gasteiger partial charge in [-0.05, 0) is 32.1 Å². The van der Waals surface area contributed by atoms with Gasteiger partial charge < -0.3 is 5.11 Å². The number of hydrogen-bond donors (Lipinski definition) is 1. The first-order chi connectivity index (χ1) is 5.29. The predicted molar refractivity (Wildman–Crippen MR) is 47.3 cm³/mol. The molecular weight excluding hydrogens is 136 g/mol. The van der Waals surface area contributed by atoms with E-state index < -0.39 is 0 Å². The lowest BCUT2D eigenvalue weighted by Gasteiger charge is -2.12. The van der Waals surface area contributed by atoms with Crippen LogP contribution in [0.15, 0.2) is 24.3 Å². The predicted octanol–water partition coefficient (Wildman–Crippen LogP) is 2.28. The van der Waals surface area contributed by atoms with Crippen LogP contribution < -0.4 is 0 Å². The van der Waals surface area contributed by atoms with Gasteiger partial charge in [-0.2, -0.15) is 0 Å². The van der Waals surface area contributed by atoms with Crippen LogP contribution in [-0.4, -0.2) is 11.2 Å². The van der Waals surface area contributed by atoms with E-state index in [1.807, 2.05) is 6.08 Å². The lowest BCUT2D eigenvalue weighted by molar-refractivity contribution is 0.243. The van der Waals surface area contributed by atoms with E-state index in [1.165, 1.54) is 12.8 Å². The Bertz CT molecular complexity index is 156. The van der Waals surface area contributed by atoms with Crippen molar-refractivity contribution in [3.8, 4) is 0 Å². The van der Waals surface area contributed by atoms with Crippen molar-refractivity contribution in [3.05, 3.63) is 24.3 Å². The van der Waals surface area contributed by atoms with E-state index >= 15 is 0 Å². The second-order valence-corrected chi connectivity index (χ2v) is 3.17. The SMILES string of the molecule is CC(O)C=CC1CC=CCC1. The first-order valence-electron chi connectivity index (χ1n) is 4.30. The Labute approximate surface area is 68.4 Å². The van der Waals surface area contributed by atoms with Gasteiger partial charge in [0.2, 0.25) is 0 Å². The van der Waals surface area contributed by atoms with Crippen molar-refractivity contribution in [2.45, 2.75) is 32.3 Å². The Morgan fingerprint density at radius 2 is 2.36 bits per heavy atom. The second kappa shape index (κ2) is 4.35. The Morgan fingerprint density at radius 3 is 2.91 bits per heavy atom. The van der Waals surface area contributed by atoms with Crippen LogP contribution in [0.1, 0.15) is 26.2 Å². The molecule has 1 heteroatoms. The summed E-state index contributed by atoms with van der Waals surface area (Å²) in [5.41, 5.74) is 0. The third-order valence-corrected chi connectivity index (χ3v) is 1.97. The van der Waals surface area contributed by atoms with Gasteiger partial charge in [-0.1, -0.05) is 24.3 Å². The van der Waals surface area contributed by atoms with Crippen molar-refractivity contribution in [2.75, 3.05) is 0 Å². The molecule has 0 saturated heterocycles. The molecule has 0 aliphatic heterocycles. The van der Waals surface area contributed by atoms with Gasteiger partial charge in [0.1, 0.15) is 0 Å². The van der Waals surface area contributed by atoms with Crippen molar-refractivity contribution in [1.29, 1.82) is 0 Å². The summed E-state index contributed by atoms with van der Waals surface area (Å²) in [4.78, 5) is 0. The first kappa shape index (κ1) is 8.54. The molecule has 0 aromatic carbocycles. The maximum absolute atomic E-state index is 8.98. The van der Waals surface area contributed by atoms with Gasteiger partial charge in [-0.25, -0.2) is 0 Å². The summed E-state index contributed by atoms with van der Waals surface area (Å²) in [6, 6.07) is 0. The molecule has 2 atom stereocenters. The van der Waals surface area contributed by atoms with Gasteiger partial charge >= 0.3 is 0 Å². The smallest absolute Gasteiger partial charge is 0.0692 e. The molecule has 1 nitrogen and oxygen atoms in total. The summed E-state index contributed by atoms with van der Waals surface area (Å²) in [5.74, 6) is 0.662. The highest BCUT2D eigenvalue weighted by Crippen LogP contribution is 2.19. The summed E-state index contributed by atoms with van der Waals surface area (Å²) < 4.78 is 0. The highest BCUT2D eigenvalue weighted by Gasteiger charge is 2.04. The molecule has 1 aliphatic carbocycles. The maximum atomic E-state index is 8.98. The van der Waals surface area contributed by atoms with Gasteiger partial charge in [-0.3, -0.25) is 0 Å². The molecule has 0 amide bonds. The third kappa shape index (κ3) is 3.38. The number of aliphatic hydroxyl groups is 1. The molecular formula is C10H16O. The molecule has 0 saturated carbocycles. The van der Waals surface area contributed by atoms with Crippen LogP contribution in [0.25, 0.3) is 0 Å². The van der Waals surface area contributed by atoms with Gasteiger partial charge in [-0.15, -0.1) is 0 Å².